The molecule has 28 heavy (non-hydrogen) atoms. The molecular formula is C22H25N5O. The van der Waals surface area contributed by atoms with Crippen molar-refractivity contribution in [2.45, 2.75) is 12.8 Å². The highest BCUT2D eigenvalue weighted by Crippen LogP contribution is 2.16. The fraction of sp³-hybridized carbons (Fsp3) is 0.227. The van der Waals surface area contributed by atoms with E-state index in [9.17, 15) is 4.79 Å². The Kier molecular flexibility index (Phi) is 6.57. The summed E-state index contributed by atoms with van der Waals surface area (Å²) in [5.74, 6) is 0.299. The number of nitrogens with zero attached hydrogens (tertiary/aromatic N) is 3. The molecule has 2 aromatic carbocycles. The first-order chi connectivity index (χ1) is 13.6. The van der Waals surface area contributed by atoms with Crippen LogP contribution in [0.1, 0.15) is 22.3 Å². The lowest BCUT2D eigenvalue weighted by molar-refractivity contribution is 0.102. The number of hydrogen-bond acceptors (Lipinski definition) is 5. The van der Waals surface area contributed by atoms with Crippen molar-refractivity contribution in [3.05, 3.63) is 78.1 Å². The lowest BCUT2D eigenvalue weighted by atomic mass is 10.1. The van der Waals surface area contributed by atoms with Gasteiger partial charge in [0.15, 0.2) is 0 Å². The number of rotatable bonds is 8. The fourth-order valence-electron chi connectivity index (χ4n) is 2.72. The number of carbonyl (C=O) groups excluding carboxylic acids is 1. The van der Waals surface area contributed by atoms with Crippen LogP contribution >= 0.6 is 0 Å². The van der Waals surface area contributed by atoms with Gasteiger partial charge in [-0.25, -0.2) is 9.97 Å². The highest BCUT2D eigenvalue weighted by atomic mass is 16.1. The minimum absolute atomic E-state index is 0.228. The second kappa shape index (κ2) is 9.50. The Hall–Kier alpha value is -3.41. The molecule has 0 bridgehead atoms. The Morgan fingerprint density at radius 2 is 1.64 bits per heavy atom. The number of aromatic nitrogens is 2. The first kappa shape index (κ1) is 19.4. The van der Waals surface area contributed by atoms with Gasteiger partial charge in [0.05, 0.1) is 5.56 Å². The summed E-state index contributed by atoms with van der Waals surface area (Å²) in [5, 5.41) is 6.05. The smallest absolute Gasteiger partial charge is 0.258 e. The molecule has 0 saturated carbocycles. The van der Waals surface area contributed by atoms with E-state index in [1.807, 2.05) is 61.5 Å². The van der Waals surface area contributed by atoms with Crippen LogP contribution in [0.5, 0.6) is 0 Å². The Morgan fingerprint density at radius 1 is 0.964 bits per heavy atom. The molecule has 1 amide bonds. The highest BCUT2D eigenvalue weighted by Gasteiger charge is 2.08. The summed E-state index contributed by atoms with van der Waals surface area (Å²) in [5.41, 5.74) is 3.55. The SMILES string of the molecule is CN(C)c1ccc(NC(=O)c2cnc(NCCCc3ccccc3)nc2)cc1. The predicted molar refractivity (Wildman–Crippen MR) is 114 cm³/mol. The lowest BCUT2D eigenvalue weighted by Gasteiger charge is -2.13. The average molecular weight is 375 g/mol. The van der Waals surface area contributed by atoms with Crippen LogP contribution in [-0.4, -0.2) is 36.5 Å². The molecule has 0 unspecified atom stereocenters. The quantitative estimate of drug-likeness (QED) is 0.586. The number of aryl methyl sites for hydroxylation is 1. The van der Waals surface area contributed by atoms with Gasteiger partial charge in [-0.3, -0.25) is 4.79 Å². The Labute approximate surface area is 165 Å². The average Bonchev–Trinajstić information content (AvgIpc) is 2.73. The molecule has 2 N–H and O–H groups in total. The molecule has 0 saturated heterocycles. The molecule has 0 atom stereocenters. The van der Waals surface area contributed by atoms with E-state index in [1.54, 1.807) is 0 Å². The zero-order valence-electron chi connectivity index (χ0n) is 16.2. The van der Waals surface area contributed by atoms with Crippen molar-refractivity contribution in [1.82, 2.24) is 9.97 Å². The van der Waals surface area contributed by atoms with Crippen LogP contribution in [0, 0.1) is 0 Å². The second-order valence-electron chi connectivity index (χ2n) is 6.71. The Bertz CT molecular complexity index is 877. The zero-order valence-corrected chi connectivity index (χ0v) is 16.2. The summed E-state index contributed by atoms with van der Waals surface area (Å²) >= 11 is 0. The van der Waals surface area contributed by atoms with E-state index in [4.69, 9.17) is 0 Å². The molecule has 0 aliphatic carbocycles. The van der Waals surface area contributed by atoms with Gasteiger partial charge in [0.25, 0.3) is 5.91 Å². The van der Waals surface area contributed by atoms with Crippen molar-refractivity contribution >= 4 is 23.2 Å². The summed E-state index contributed by atoms with van der Waals surface area (Å²) in [6.07, 6.45) is 5.06. The van der Waals surface area contributed by atoms with E-state index in [0.717, 1.165) is 30.8 Å². The molecule has 0 radical (unpaired) electrons. The number of nitrogens with one attached hydrogen (secondary N) is 2. The lowest BCUT2D eigenvalue weighted by Crippen LogP contribution is -2.14. The third-order valence-electron chi connectivity index (χ3n) is 4.32. The summed E-state index contributed by atoms with van der Waals surface area (Å²) < 4.78 is 0. The van der Waals surface area contributed by atoms with Gasteiger partial charge in [-0.2, -0.15) is 0 Å². The number of benzene rings is 2. The molecule has 3 aromatic rings. The third-order valence-corrected chi connectivity index (χ3v) is 4.32. The van der Waals surface area contributed by atoms with Gasteiger partial charge >= 0.3 is 0 Å². The van der Waals surface area contributed by atoms with Gasteiger partial charge in [0.2, 0.25) is 5.95 Å². The van der Waals surface area contributed by atoms with Crippen molar-refractivity contribution in [2.75, 3.05) is 36.2 Å². The maximum absolute atomic E-state index is 12.3. The zero-order chi connectivity index (χ0) is 19.8. The van der Waals surface area contributed by atoms with Crippen molar-refractivity contribution in [3.8, 4) is 0 Å². The molecule has 0 spiro atoms. The van der Waals surface area contributed by atoms with Crippen LogP contribution in [-0.2, 0) is 6.42 Å². The van der Waals surface area contributed by atoms with Crippen LogP contribution in [0.2, 0.25) is 0 Å². The molecular weight excluding hydrogens is 350 g/mol. The highest BCUT2D eigenvalue weighted by molar-refractivity contribution is 6.03. The van der Waals surface area contributed by atoms with Crippen molar-refractivity contribution < 1.29 is 4.79 Å². The first-order valence-corrected chi connectivity index (χ1v) is 9.30. The monoisotopic (exact) mass is 375 g/mol. The van der Waals surface area contributed by atoms with E-state index >= 15 is 0 Å². The fourth-order valence-corrected chi connectivity index (χ4v) is 2.72. The minimum Gasteiger partial charge on any atom is -0.378 e. The van der Waals surface area contributed by atoms with E-state index in [2.05, 4.69) is 32.7 Å². The summed E-state index contributed by atoms with van der Waals surface area (Å²) in [4.78, 5) is 22.8. The van der Waals surface area contributed by atoms with Crippen LogP contribution in [0.25, 0.3) is 0 Å². The minimum atomic E-state index is -0.228. The van der Waals surface area contributed by atoms with Crippen molar-refractivity contribution in [1.29, 1.82) is 0 Å². The molecule has 0 aliphatic heterocycles. The van der Waals surface area contributed by atoms with Gasteiger partial charge in [0.1, 0.15) is 0 Å². The van der Waals surface area contributed by atoms with E-state index < -0.39 is 0 Å². The van der Waals surface area contributed by atoms with Gasteiger partial charge in [-0.15, -0.1) is 0 Å². The van der Waals surface area contributed by atoms with E-state index in [1.165, 1.54) is 18.0 Å². The number of hydrogen-bond donors (Lipinski definition) is 2. The largest absolute Gasteiger partial charge is 0.378 e. The second-order valence-corrected chi connectivity index (χ2v) is 6.71. The molecule has 144 valence electrons. The maximum atomic E-state index is 12.3. The van der Waals surface area contributed by atoms with Crippen molar-refractivity contribution in [2.24, 2.45) is 0 Å². The first-order valence-electron chi connectivity index (χ1n) is 9.30. The maximum Gasteiger partial charge on any atom is 0.258 e. The number of amides is 1. The van der Waals surface area contributed by atoms with E-state index in [-0.39, 0.29) is 5.91 Å². The van der Waals surface area contributed by atoms with Crippen LogP contribution in [0.15, 0.2) is 67.0 Å². The molecule has 0 aliphatic rings. The predicted octanol–water partition coefficient (Wildman–Crippen LogP) is 3.84. The Balaban J connectivity index is 1.47. The normalized spacial score (nSPS) is 10.4. The molecule has 1 heterocycles. The van der Waals surface area contributed by atoms with E-state index in [0.29, 0.717) is 11.5 Å². The summed E-state index contributed by atoms with van der Waals surface area (Å²) in [6, 6.07) is 18.0. The summed E-state index contributed by atoms with van der Waals surface area (Å²) in [7, 11) is 3.95. The van der Waals surface area contributed by atoms with Crippen LogP contribution in [0.3, 0.4) is 0 Å². The van der Waals surface area contributed by atoms with Crippen LogP contribution < -0.4 is 15.5 Å². The van der Waals surface area contributed by atoms with Gasteiger partial charge in [-0.05, 0) is 42.7 Å². The molecule has 0 fully saturated rings. The Morgan fingerprint density at radius 3 is 2.29 bits per heavy atom. The molecule has 6 heteroatoms. The van der Waals surface area contributed by atoms with Crippen molar-refractivity contribution in [3.63, 3.8) is 0 Å². The molecule has 6 nitrogen and oxygen atoms in total. The standard InChI is InChI=1S/C22H25N5O/c1-27(2)20-12-10-19(11-13-20)26-21(28)18-15-24-22(25-16-18)23-14-6-9-17-7-4-3-5-8-17/h3-5,7-8,10-13,15-16H,6,9,14H2,1-2H3,(H,26,28)(H,23,24,25). The molecule has 1 aromatic heterocycles. The molecule has 3 rings (SSSR count). The van der Waals surface area contributed by atoms with Gasteiger partial charge in [-0.1, -0.05) is 30.3 Å². The van der Waals surface area contributed by atoms with Gasteiger partial charge in [0, 0.05) is 44.4 Å². The topological polar surface area (TPSA) is 70.2 Å². The van der Waals surface area contributed by atoms with Gasteiger partial charge < -0.3 is 15.5 Å². The third kappa shape index (κ3) is 5.54. The summed E-state index contributed by atoms with van der Waals surface area (Å²) in [6.45, 7) is 0.776. The number of carbonyl (C=O) groups is 1. The van der Waals surface area contributed by atoms with Crippen LogP contribution in [0.4, 0.5) is 17.3 Å². The number of anilines is 3.